The van der Waals surface area contributed by atoms with Gasteiger partial charge in [-0.1, -0.05) is 18.2 Å². The Labute approximate surface area is 140 Å². The van der Waals surface area contributed by atoms with Gasteiger partial charge in [0.15, 0.2) is 0 Å². The maximum absolute atomic E-state index is 13.0. The van der Waals surface area contributed by atoms with E-state index in [0.29, 0.717) is 18.4 Å². The third kappa shape index (κ3) is 3.16. The van der Waals surface area contributed by atoms with Crippen molar-refractivity contribution in [2.45, 2.75) is 43.3 Å². The van der Waals surface area contributed by atoms with Gasteiger partial charge in [-0.2, -0.15) is 13.2 Å². The summed E-state index contributed by atoms with van der Waals surface area (Å²) in [5.74, 6) is -0.0311. The molecule has 0 aromatic heterocycles. The molecule has 0 radical (unpaired) electrons. The Morgan fingerprint density at radius 1 is 1.25 bits per heavy atom. The number of carbonyl (C=O) groups excluding carboxylic acids is 1. The standard InChI is InChI=1S/C18H23F3N2O/c1-22-10-6-15(7-11-22)23(2)16(24)17(8-9-17)13-4-3-5-14(12-13)18(19,20)21/h3-5,12,15H,6-11H2,1-2H3. The monoisotopic (exact) mass is 340 g/mol. The fourth-order valence-electron chi connectivity index (χ4n) is 3.63. The minimum Gasteiger partial charge on any atom is -0.342 e. The Morgan fingerprint density at radius 2 is 1.88 bits per heavy atom. The van der Waals surface area contributed by atoms with Crippen LogP contribution in [0.15, 0.2) is 24.3 Å². The molecule has 2 aliphatic rings. The van der Waals surface area contributed by atoms with Gasteiger partial charge < -0.3 is 9.80 Å². The molecule has 1 amide bonds. The van der Waals surface area contributed by atoms with Crippen molar-refractivity contribution < 1.29 is 18.0 Å². The van der Waals surface area contributed by atoms with E-state index in [4.69, 9.17) is 0 Å². The van der Waals surface area contributed by atoms with Crippen molar-refractivity contribution in [3.8, 4) is 0 Å². The smallest absolute Gasteiger partial charge is 0.342 e. The molecule has 1 aliphatic heterocycles. The van der Waals surface area contributed by atoms with Gasteiger partial charge in [0, 0.05) is 13.1 Å². The maximum atomic E-state index is 13.0. The van der Waals surface area contributed by atoms with E-state index >= 15 is 0 Å². The molecular weight excluding hydrogens is 317 g/mol. The number of likely N-dealkylation sites (tertiary alicyclic amines) is 1. The van der Waals surface area contributed by atoms with Gasteiger partial charge in [-0.05, 0) is 57.5 Å². The first-order valence-electron chi connectivity index (χ1n) is 8.37. The summed E-state index contributed by atoms with van der Waals surface area (Å²) < 4.78 is 38.9. The van der Waals surface area contributed by atoms with Crippen LogP contribution in [-0.2, 0) is 16.4 Å². The Morgan fingerprint density at radius 3 is 2.42 bits per heavy atom. The number of hydrogen-bond donors (Lipinski definition) is 0. The normalized spacial score (nSPS) is 21.5. The molecule has 6 heteroatoms. The van der Waals surface area contributed by atoms with Crippen LogP contribution in [0.5, 0.6) is 0 Å². The number of likely N-dealkylation sites (N-methyl/N-ethyl adjacent to an activating group) is 1. The molecule has 132 valence electrons. The Bertz CT molecular complexity index is 617. The first kappa shape index (κ1) is 17.3. The molecule has 1 aliphatic carbocycles. The van der Waals surface area contributed by atoms with Crippen LogP contribution < -0.4 is 0 Å². The molecule has 1 aromatic carbocycles. The van der Waals surface area contributed by atoms with E-state index in [1.807, 2.05) is 0 Å². The molecule has 1 saturated heterocycles. The number of amides is 1. The van der Waals surface area contributed by atoms with Gasteiger partial charge in [0.1, 0.15) is 0 Å². The molecule has 1 heterocycles. The van der Waals surface area contributed by atoms with Crippen LogP contribution in [0.3, 0.4) is 0 Å². The SMILES string of the molecule is CN1CCC(N(C)C(=O)C2(c3cccc(C(F)(F)F)c3)CC2)CC1. The lowest BCUT2D eigenvalue weighted by Gasteiger charge is -2.37. The number of hydrogen-bond acceptors (Lipinski definition) is 2. The van der Waals surface area contributed by atoms with Crippen LogP contribution >= 0.6 is 0 Å². The van der Waals surface area contributed by atoms with Crippen LogP contribution in [0, 0.1) is 0 Å². The Hall–Kier alpha value is -1.56. The summed E-state index contributed by atoms with van der Waals surface area (Å²) >= 11 is 0. The summed E-state index contributed by atoms with van der Waals surface area (Å²) in [6, 6.07) is 5.44. The average molecular weight is 340 g/mol. The highest BCUT2D eigenvalue weighted by Gasteiger charge is 2.53. The van der Waals surface area contributed by atoms with E-state index in [-0.39, 0.29) is 11.9 Å². The molecule has 2 fully saturated rings. The molecule has 3 rings (SSSR count). The van der Waals surface area contributed by atoms with E-state index in [9.17, 15) is 18.0 Å². The summed E-state index contributed by atoms with van der Waals surface area (Å²) in [6.45, 7) is 1.89. The van der Waals surface area contributed by atoms with Crippen molar-refractivity contribution in [2.75, 3.05) is 27.2 Å². The summed E-state index contributed by atoms with van der Waals surface area (Å²) in [4.78, 5) is 17.0. The van der Waals surface area contributed by atoms with Gasteiger partial charge in [0.2, 0.25) is 5.91 Å². The van der Waals surface area contributed by atoms with Crippen LogP contribution in [0.1, 0.15) is 36.8 Å². The fraction of sp³-hybridized carbons (Fsp3) is 0.611. The van der Waals surface area contributed by atoms with Crippen molar-refractivity contribution in [2.24, 2.45) is 0 Å². The molecule has 0 unspecified atom stereocenters. The molecule has 3 nitrogen and oxygen atoms in total. The predicted octanol–water partition coefficient (Wildman–Crippen LogP) is 3.29. The number of nitrogens with zero attached hydrogens (tertiary/aromatic N) is 2. The Kier molecular flexibility index (Phi) is 4.36. The highest BCUT2D eigenvalue weighted by Crippen LogP contribution is 2.50. The number of carbonyl (C=O) groups is 1. The van der Waals surface area contributed by atoms with E-state index in [1.54, 1.807) is 18.0 Å². The zero-order chi connectivity index (χ0) is 17.5. The molecule has 0 N–H and O–H groups in total. The van der Waals surface area contributed by atoms with Crippen molar-refractivity contribution in [1.29, 1.82) is 0 Å². The molecule has 1 aromatic rings. The van der Waals surface area contributed by atoms with Crippen LogP contribution in [0.2, 0.25) is 0 Å². The van der Waals surface area contributed by atoms with Crippen molar-refractivity contribution in [3.63, 3.8) is 0 Å². The predicted molar refractivity (Wildman–Crippen MR) is 85.6 cm³/mol. The second-order valence-corrected chi connectivity index (χ2v) is 7.11. The number of piperidine rings is 1. The lowest BCUT2D eigenvalue weighted by Crippen LogP contribution is -2.47. The van der Waals surface area contributed by atoms with Gasteiger partial charge in [0.25, 0.3) is 0 Å². The van der Waals surface area contributed by atoms with Gasteiger partial charge in [-0.3, -0.25) is 4.79 Å². The average Bonchev–Trinajstić information content (AvgIpc) is 3.35. The van der Waals surface area contributed by atoms with Crippen LogP contribution in [-0.4, -0.2) is 48.9 Å². The summed E-state index contributed by atoms with van der Waals surface area (Å²) in [7, 11) is 3.86. The number of rotatable bonds is 3. The van der Waals surface area contributed by atoms with Crippen molar-refractivity contribution >= 4 is 5.91 Å². The quantitative estimate of drug-likeness (QED) is 0.843. The number of halogens is 3. The van der Waals surface area contributed by atoms with Gasteiger partial charge >= 0.3 is 6.18 Å². The van der Waals surface area contributed by atoms with Gasteiger partial charge in [-0.25, -0.2) is 0 Å². The second-order valence-electron chi connectivity index (χ2n) is 7.11. The number of alkyl halides is 3. The molecule has 1 saturated carbocycles. The minimum atomic E-state index is -4.38. The van der Waals surface area contributed by atoms with Crippen molar-refractivity contribution in [1.82, 2.24) is 9.80 Å². The fourth-order valence-corrected chi connectivity index (χ4v) is 3.63. The van der Waals surface area contributed by atoms with E-state index in [2.05, 4.69) is 11.9 Å². The van der Waals surface area contributed by atoms with E-state index in [0.717, 1.165) is 38.1 Å². The first-order valence-corrected chi connectivity index (χ1v) is 8.37. The third-order valence-corrected chi connectivity index (χ3v) is 5.46. The maximum Gasteiger partial charge on any atom is 0.416 e. The topological polar surface area (TPSA) is 23.6 Å². The molecule has 0 atom stereocenters. The van der Waals surface area contributed by atoms with Crippen LogP contribution in [0.25, 0.3) is 0 Å². The minimum absolute atomic E-state index is 0.0311. The Balaban J connectivity index is 1.79. The largest absolute Gasteiger partial charge is 0.416 e. The lowest BCUT2D eigenvalue weighted by molar-refractivity contribution is -0.138. The molecule has 24 heavy (non-hydrogen) atoms. The highest BCUT2D eigenvalue weighted by atomic mass is 19.4. The van der Waals surface area contributed by atoms with E-state index < -0.39 is 17.2 Å². The highest BCUT2D eigenvalue weighted by molar-refractivity contribution is 5.91. The summed E-state index contributed by atoms with van der Waals surface area (Å²) in [6.07, 6.45) is -1.29. The van der Waals surface area contributed by atoms with Gasteiger partial charge in [-0.15, -0.1) is 0 Å². The lowest BCUT2D eigenvalue weighted by atomic mass is 9.91. The zero-order valence-corrected chi connectivity index (χ0v) is 14.1. The number of benzene rings is 1. The van der Waals surface area contributed by atoms with E-state index in [1.165, 1.54) is 6.07 Å². The second kappa shape index (κ2) is 6.06. The summed E-state index contributed by atoms with van der Waals surface area (Å²) in [5.41, 5.74) is -0.928. The van der Waals surface area contributed by atoms with Crippen LogP contribution in [0.4, 0.5) is 13.2 Å². The third-order valence-electron chi connectivity index (χ3n) is 5.46. The zero-order valence-electron chi connectivity index (χ0n) is 14.1. The molecule has 0 spiro atoms. The van der Waals surface area contributed by atoms with Gasteiger partial charge in [0.05, 0.1) is 11.0 Å². The van der Waals surface area contributed by atoms with Crippen molar-refractivity contribution in [3.05, 3.63) is 35.4 Å². The molecule has 0 bridgehead atoms. The molecular formula is C18H23F3N2O. The summed E-state index contributed by atoms with van der Waals surface area (Å²) in [5, 5.41) is 0. The first-order chi connectivity index (χ1) is 11.2.